The van der Waals surface area contributed by atoms with Crippen LogP contribution in [0.15, 0.2) is 65.8 Å². The molecule has 2 N–H and O–H groups in total. The van der Waals surface area contributed by atoms with Gasteiger partial charge in [-0.3, -0.25) is 0 Å². The van der Waals surface area contributed by atoms with Crippen LogP contribution in [0.1, 0.15) is 15.9 Å². The molecular formula is C19H14Cl2N2O2. The van der Waals surface area contributed by atoms with Gasteiger partial charge in [-0.15, -0.1) is 0 Å². The zero-order chi connectivity index (χ0) is 17.8. The molecule has 6 heteroatoms. The summed E-state index contributed by atoms with van der Waals surface area (Å²) < 4.78 is 0. The smallest absolute Gasteiger partial charge is 0.367 e. The third kappa shape index (κ3) is 4.10. The lowest BCUT2D eigenvalue weighted by atomic mass is 10.0. The maximum atomic E-state index is 12.0. The van der Waals surface area contributed by atoms with E-state index in [1.807, 2.05) is 42.5 Å². The number of rotatable bonds is 4. The number of halogens is 2. The van der Waals surface area contributed by atoms with Gasteiger partial charge in [-0.25, -0.2) is 4.79 Å². The molecule has 0 aliphatic carbocycles. The highest BCUT2D eigenvalue weighted by Gasteiger charge is 2.13. The van der Waals surface area contributed by atoms with Gasteiger partial charge in [0.05, 0.1) is 10.6 Å². The Hall–Kier alpha value is -2.56. The lowest BCUT2D eigenvalue weighted by Crippen LogP contribution is -2.17. The van der Waals surface area contributed by atoms with Gasteiger partial charge in [0.1, 0.15) is 5.84 Å². The molecule has 0 atom stereocenters. The second-order valence-corrected chi connectivity index (χ2v) is 6.24. The zero-order valence-corrected chi connectivity index (χ0v) is 14.6. The molecule has 126 valence electrons. The van der Waals surface area contributed by atoms with E-state index in [9.17, 15) is 4.79 Å². The van der Waals surface area contributed by atoms with Crippen LogP contribution in [0.2, 0.25) is 10.0 Å². The number of hydrogen-bond donors (Lipinski definition) is 1. The van der Waals surface area contributed by atoms with Crippen LogP contribution in [0, 0.1) is 0 Å². The molecule has 0 unspecified atom stereocenters. The average molecular weight is 373 g/mol. The van der Waals surface area contributed by atoms with Crippen LogP contribution < -0.4 is 5.73 Å². The Balaban J connectivity index is 1.74. The number of carbonyl (C=O) groups is 1. The number of oxime groups is 1. The Labute approximate surface area is 154 Å². The average Bonchev–Trinajstić information content (AvgIpc) is 2.60. The first-order valence-electron chi connectivity index (χ1n) is 7.50. The van der Waals surface area contributed by atoms with Crippen molar-refractivity contribution in [2.24, 2.45) is 10.9 Å². The van der Waals surface area contributed by atoms with Crippen LogP contribution in [0.5, 0.6) is 0 Å². The molecule has 0 amide bonds. The van der Waals surface area contributed by atoms with Crippen molar-refractivity contribution in [3.63, 3.8) is 0 Å². The lowest BCUT2D eigenvalue weighted by molar-refractivity contribution is 0.0515. The molecule has 0 bridgehead atoms. The minimum atomic E-state index is -0.692. The van der Waals surface area contributed by atoms with Crippen molar-refractivity contribution in [1.29, 1.82) is 0 Å². The number of nitrogens with two attached hydrogens (primary N) is 1. The quantitative estimate of drug-likeness (QED) is 0.309. The van der Waals surface area contributed by atoms with E-state index in [4.69, 9.17) is 33.8 Å². The number of fused-ring (bicyclic) bond motifs is 1. The number of carbonyl (C=O) groups excluding carboxylic acids is 1. The van der Waals surface area contributed by atoms with Crippen LogP contribution in [0.3, 0.4) is 0 Å². The summed E-state index contributed by atoms with van der Waals surface area (Å²) in [5.41, 5.74) is 7.08. The first kappa shape index (κ1) is 17.3. The number of amidine groups is 1. The van der Waals surface area contributed by atoms with E-state index in [1.54, 1.807) is 6.07 Å². The molecule has 3 aromatic carbocycles. The third-order valence-corrected chi connectivity index (χ3v) is 4.20. The van der Waals surface area contributed by atoms with Gasteiger partial charge in [0.25, 0.3) is 0 Å². The molecule has 0 fully saturated rings. The van der Waals surface area contributed by atoms with Gasteiger partial charge in [0.2, 0.25) is 0 Å². The summed E-state index contributed by atoms with van der Waals surface area (Å²) in [6.07, 6.45) is 0.364. The Morgan fingerprint density at radius 2 is 1.80 bits per heavy atom. The predicted octanol–water partition coefficient (Wildman–Crippen LogP) is 4.82. The Kier molecular flexibility index (Phi) is 5.22. The van der Waals surface area contributed by atoms with Gasteiger partial charge >= 0.3 is 5.97 Å². The van der Waals surface area contributed by atoms with E-state index >= 15 is 0 Å². The fourth-order valence-electron chi connectivity index (χ4n) is 2.48. The van der Waals surface area contributed by atoms with Crippen molar-refractivity contribution >= 4 is 45.8 Å². The van der Waals surface area contributed by atoms with Gasteiger partial charge in [0, 0.05) is 11.4 Å². The molecule has 0 radical (unpaired) electrons. The Morgan fingerprint density at radius 1 is 1.04 bits per heavy atom. The topological polar surface area (TPSA) is 64.7 Å². The molecule has 0 heterocycles. The summed E-state index contributed by atoms with van der Waals surface area (Å²) in [5, 5.41) is 6.53. The van der Waals surface area contributed by atoms with Gasteiger partial charge in [-0.2, -0.15) is 0 Å². The summed E-state index contributed by atoms with van der Waals surface area (Å²) in [6.45, 7) is 0. The van der Waals surface area contributed by atoms with Crippen LogP contribution >= 0.6 is 23.2 Å². The van der Waals surface area contributed by atoms with E-state index < -0.39 is 5.97 Å². The highest BCUT2D eigenvalue weighted by molar-refractivity contribution is 6.36. The second-order valence-electron chi connectivity index (χ2n) is 5.40. The predicted molar refractivity (Wildman–Crippen MR) is 101 cm³/mol. The standard InChI is InChI=1S/C19H14Cl2N2O2/c20-14-8-9-16(17(21)11-14)19(24)25-23-18(22)10-13-6-3-5-12-4-1-2-7-15(12)13/h1-9,11H,10H2,(H2,22,23). The third-order valence-electron chi connectivity index (χ3n) is 3.65. The minimum absolute atomic E-state index is 0.174. The van der Waals surface area contributed by atoms with E-state index in [0.717, 1.165) is 16.3 Å². The molecule has 0 aliphatic heterocycles. The summed E-state index contributed by atoms with van der Waals surface area (Å²) in [7, 11) is 0. The van der Waals surface area contributed by atoms with Crippen molar-refractivity contribution < 1.29 is 9.63 Å². The molecule has 0 aliphatic rings. The maximum absolute atomic E-state index is 12.0. The molecule has 4 nitrogen and oxygen atoms in total. The zero-order valence-electron chi connectivity index (χ0n) is 13.1. The number of benzene rings is 3. The van der Waals surface area contributed by atoms with Crippen molar-refractivity contribution in [2.75, 3.05) is 0 Å². The number of hydrogen-bond acceptors (Lipinski definition) is 3. The largest absolute Gasteiger partial charge is 0.384 e. The molecule has 3 rings (SSSR count). The fourth-order valence-corrected chi connectivity index (χ4v) is 2.96. The number of nitrogens with zero attached hydrogens (tertiary/aromatic N) is 1. The van der Waals surface area contributed by atoms with Gasteiger partial charge in [0.15, 0.2) is 0 Å². The Bertz CT molecular complexity index is 965. The normalized spacial score (nSPS) is 11.5. The summed E-state index contributed by atoms with van der Waals surface area (Å²) in [5.74, 6) is -0.502. The van der Waals surface area contributed by atoms with Crippen molar-refractivity contribution in [1.82, 2.24) is 0 Å². The second kappa shape index (κ2) is 7.55. The highest BCUT2D eigenvalue weighted by Crippen LogP contribution is 2.22. The molecule has 25 heavy (non-hydrogen) atoms. The summed E-state index contributed by atoms with van der Waals surface area (Å²) >= 11 is 11.8. The van der Waals surface area contributed by atoms with Gasteiger partial charge < -0.3 is 10.6 Å². The van der Waals surface area contributed by atoms with Crippen molar-refractivity contribution in [2.45, 2.75) is 6.42 Å². The monoisotopic (exact) mass is 372 g/mol. The molecule has 0 saturated carbocycles. The van der Waals surface area contributed by atoms with E-state index in [-0.39, 0.29) is 16.4 Å². The van der Waals surface area contributed by atoms with E-state index in [1.165, 1.54) is 12.1 Å². The molecule has 0 saturated heterocycles. The highest BCUT2D eigenvalue weighted by atomic mass is 35.5. The van der Waals surface area contributed by atoms with Crippen LogP contribution in [-0.4, -0.2) is 11.8 Å². The van der Waals surface area contributed by atoms with Crippen molar-refractivity contribution in [3.05, 3.63) is 81.8 Å². The first-order valence-corrected chi connectivity index (χ1v) is 8.25. The van der Waals surface area contributed by atoms with Crippen LogP contribution in [0.25, 0.3) is 10.8 Å². The molecule has 0 aromatic heterocycles. The van der Waals surface area contributed by atoms with Gasteiger partial charge in [-0.1, -0.05) is 70.8 Å². The first-order chi connectivity index (χ1) is 12.0. The molecule has 3 aromatic rings. The van der Waals surface area contributed by atoms with Gasteiger partial charge in [-0.05, 0) is 34.5 Å². The SMILES string of the molecule is NC(Cc1cccc2ccccc12)=NOC(=O)c1ccc(Cl)cc1Cl. The van der Waals surface area contributed by atoms with Crippen molar-refractivity contribution in [3.8, 4) is 0 Å². The van der Waals surface area contributed by atoms with E-state index in [2.05, 4.69) is 5.16 Å². The maximum Gasteiger partial charge on any atom is 0.367 e. The Morgan fingerprint density at radius 3 is 2.60 bits per heavy atom. The van der Waals surface area contributed by atoms with Crippen LogP contribution in [0.4, 0.5) is 0 Å². The molecule has 0 spiro atoms. The van der Waals surface area contributed by atoms with Crippen LogP contribution in [-0.2, 0) is 11.3 Å². The lowest BCUT2D eigenvalue weighted by Gasteiger charge is -2.06. The molecular weight excluding hydrogens is 359 g/mol. The summed E-state index contributed by atoms with van der Waals surface area (Å²) in [4.78, 5) is 16.9. The summed E-state index contributed by atoms with van der Waals surface area (Å²) in [6, 6.07) is 18.4. The minimum Gasteiger partial charge on any atom is -0.384 e. The van der Waals surface area contributed by atoms with E-state index in [0.29, 0.717) is 11.4 Å². The fraction of sp³-hybridized carbons (Fsp3) is 0.0526.